The van der Waals surface area contributed by atoms with Crippen molar-refractivity contribution in [3.63, 3.8) is 0 Å². The number of aromatic nitrogens is 2. The number of likely N-dealkylation sites (N-methyl/N-ethyl adjacent to an activating group) is 1. The van der Waals surface area contributed by atoms with Gasteiger partial charge in [-0.15, -0.1) is 10.2 Å². The minimum absolute atomic E-state index is 0.348. The van der Waals surface area contributed by atoms with E-state index in [0.29, 0.717) is 42.4 Å². The first-order valence-electron chi connectivity index (χ1n) is 11.0. The van der Waals surface area contributed by atoms with Gasteiger partial charge < -0.3 is 19.4 Å². The lowest BCUT2D eigenvalue weighted by Crippen LogP contribution is -2.49. The summed E-state index contributed by atoms with van der Waals surface area (Å²) < 4.78 is 33.4. The van der Waals surface area contributed by atoms with E-state index in [4.69, 9.17) is 4.74 Å². The second kappa shape index (κ2) is 9.21. The van der Waals surface area contributed by atoms with E-state index in [1.54, 1.807) is 23.5 Å². The number of nitrogens with zero attached hydrogens (tertiary/aromatic N) is 6. The summed E-state index contributed by atoms with van der Waals surface area (Å²) in [5.41, 5.74) is 1.51. The molecule has 32 heavy (non-hydrogen) atoms. The number of ether oxygens (including phenoxy) is 1. The topological polar surface area (TPSA) is 82.1 Å². The number of hydrogen-bond acceptors (Lipinski definition) is 8. The molecule has 2 fully saturated rings. The minimum Gasteiger partial charge on any atom is -0.496 e. The van der Waals surface area contributed by atoms with E-state index in [-0.39, 0.29) is 0 Å². The van der Waals surface area contributed by atoms with Crippen molar-refractivity contribution >= 4 is 21.7 Å². The van der Waals surface area contributed by atoms with Crippen molar-refractivity contribution in [1.29, 1.82) is 0 Å². The highest BCUT2D eigenvalue weighted by Crippen LogP contribution is 2.28. The summed E-state index contributed by atoms with van der Waals surface area (Å²) in [5.74, 6) is 2.38. The number of rotatable bonds is 5. The Bertz CT molecular complexity index is 1040. The molecule has 10 heteroatoms. The Morgan fingerprint density at radius 3 is 1.84 bits per heavy atom. The van der Waals surface area contributed by atoms with Crippen LogP contribution in [0.3, 0.4) is 0 Å². The minimum atomic E-state index is -3.57. The predicted octanol–water partition coefficient (Wildman–Crippen LogP) is 1.36. The maximum Gasteiger partial charge on any atom is 0.243 e. The van der Waals surface area contributed by atoms with Gasteiger partial charge >= 0.3 is 0 Å². The number of sulfonamides is 1. The third-order valence-corrected chi connectivity index (χ3v) is 8.38. The van der Waals surface area contributed by atoms with Crippen LogP contribution in [0.15, 0.2) is 29.2 Å². The average molecular weight is 461 g/mol. The van der Waals surface area contributed by atoms with Crippen molar-refractivity contribution in [3.05, 3.63) is 35.4 Å². The van der Waals surface area contributed by atoms with Gasteiger partial charge in [0.15, 0.2) is 11.6 Å². The van der Waals surface area contributed by atoms with Crippen LogP contribution >= 0.6 is 0 Å². The molecule has 2 saturated heterocycles. The van der Waals surface area contributed by atoms with Gasteiger partial charge in [0.05, 0.1) is 12.0 Å². The summed E-state index contributed by atoms with van der Waals surface area (Å²) in [6, 6.07) is 7.50. The first-order valence-corrected chi connectivity index (χ1v) is 12.4. The third kappa shape index (κ3) is 4.53. The lowest BCUT2D eigenvalue weighted by molar-refractivity contribution is 0.312. The molecule has 0 bridgehead atoms. The lowest BCUT2D eigenvalue weighted by atomic mass is 10.1. The molecule has 0 saturated carbocycles. The van der Waals surface area contributed by atoms with Gasteiger partial charge in [0.2, 0.25) is 10.0 Å². The van der Waals surface area contributed by atoms with Gasteiger partial charge in [-0.1, -0.05) is 0 Å². The fourth-order valence-electron chi connectivity index (χ4n) is 4.25. The smallest absolute Gasteiger partial charge is 0.243 e. The summed E-state index contributed by atoms with van der Waals surface area (Å²) in [4.78, 5) is 7.00. The number of aryl methyl sites for hydroxylation is 2. The number of methoxy groups -OCH3 is 1. The summed E-state index contributed by atoms with van der Waals surface area (Å²) in [7, 11) is 0.154. The summed E-state index contributed by atoms with van der Waals surface area (Å²) in [5, 5.41) is 8.85. The highest BCUT2D eigenvalue weighted by Gasteiger charge is 2.30. The Balaban J connectivity index is 1.41. The molecule has 174 valence electrons. The molecule has 1 aromatic carbocycles. The molecule has 2 aliphatic rings. The van der Waals surface area contributed by atoms with E-state index < -0.39 is 10.0 Å². The molecule has 0 atom stereocenters. The van der Waals surface area contributed by atoms with E-state index in [1.165, 1.54) is 0 Å². The standard InChI is InChI=1S/C22H32N6O3S/c1-17-16-20(18(2)15-19(17)31-4)32(29,30)28-13-11-27(12-14-28)22-6-5-21(23-24-22)26-9-7-25(3)8-10-26/h5-6,15-16H,7-14H2,1-4H3. The van der Waals surface area contributed by atoms with E-state index in [2.05, 4.69) is 31.9 Å². The fourth-order valence-corrected chi connectivity index (χ4v) is 5.96. The zero-order chi connectivity index (χ0) is 22.9. The van der Waals surface area contributed by atoms with Crippen molar-refractivity contribution in [2.24, 2.45) is 0 Å². The zero-order valence-electron chi connectivity index (χ0n) is 19.3. The van der Waals surface area contributed by atoms with Gasteiger partial charge in [0, 0.05) is 52.4 Å². The van der Waals surface area contributed by atoms with Crippen LogP contribution in [0.1, 0.15) is 11.1 Å². The van der Waals surface area contributed by atoms with Crippen LogP contribution in [-0.2, 0) is 10.0 Å². The molecule has 0 N–H and O–H groups in total. The highest BCUT2D eigenvalue weighted by atomic mass is 32.2. The molecular weight excluding hydrogens is 428 g/mol. The highest BCUT2D eigenvalue weighted by molar-refractivity contribution is 7.89. The summed E-state index contributed by atoms with van der Waals surface area (Å²) >= 11 is 0. The molecule has 2 aromatic rings. The number of piperazine rings is 2. The summed E-state index contributed by atoms with van der Waals surface area (Å²) in [6.45, 7) is 9.59. The van der Waals surface area contributed by atoms with Gasteiger partial charge in [-0.05, 0) is 56.3 Å². The van der Waals surface area contributed by atoms with Crippen LogP contribution in [0, 0.1) is 13.8 Å². The maximum atomic E-state index is 13.3. The monoisotopic (exact) mass is 460 g/mol. The van der Waals surface area contributed by atoms with Crippen LogP contribution in [0.5, 0.6) is 5.75 Å². The van der Waals surface area contributed by atoms with Gasteiger partial charge in [0.25, 0.3) is 0 Å². The number of benzene rings is 1. The Morgan fingerprint density at radius 2 is 1.34 bits per heavy atom. The van der Waals surface area contributed by atoms with Crippen LogP contribution in [0.4, 0.5) is 11.6 Å². The van der Waals surface area contributed by atoms with Gasteiger partial charge in [-0.25, -0.2) is 8.42 Å². The van der Waals surface area contributed by atoms with Crippen LogP contribution in [-0.4, -0.2) is 94.3 Å². The van der Waals surface area contributed by atoms with E-state index in [1.807, 2.05) is 26.0 Å². The normalized spacial score (nSPS) is 18.8. The third-order valence-electron chi connectivity index (χ3n) is 6.34. The molecule has 3 heterocycles. The number of hydrogen-bond donors (Lipinski definition) is 0. The largest absolute Gasteiger partial charge is 0.496 e. The molecular formula is C22H32N6O3S. The van der Waals surface area contributed by atoms with E-state index in [9.17, 15) is 8.42 Å². The number of anilines is 2. The first-order chi connectivity index (χ1) is 15.3. The molecule has 0 spiro atoms. The summed E-state index contributed by atoms with van der Waals surface area (Å²) in [6.07, 6.45) is 0. The molecule has 0 aliphatic carbocycles. The second-order valence-corrected chi connectivity index (χ2v) is 10.4. The van der Waals surface area contributed by atoms with Crippen molar-refractivity contribution in [2.45, 2.75) is 18.7 Å². The molecule has 2 aliphatic heterocycles. The molecule has 4 rings (SSSR count). The fraction of sp³-hybridized carbons (Fsp3) is 0.545. The van der Waals surface area contributed by atoms with Crippen molar-refractivity contribution in [3.8, 4) is 5.75 Å². The Hall–Kier alpha value is -2.43. The quantitative estimate of drug-likeness (QED) is 0.662. The predicted molar refractivity (Wildman–Crippen MR) is 125 cm³/mol. The van der Waals surface area contributed by atoms with Crippen LogP contribution in [0.2, 0.25) is 0 Å². The van der Waals surface area contributed by atoms with Gasteiger partial charge in [-0.3, -0.25) is 0 Å². The van der Waals surface area contributed by atoms with Gasteiger partial charge in [-0.2, -0.15) is 4.31 Å². The zero-order valence-corrected chi connectivity index (χ0v) is 20.1. The molecule has 9 nitrogen and oxygen atoms in total. The Morgan fingerprint density at radius 1 is 0.812 bits per heavy atom. The van der Waals surface area contributed by atoms with Crippen molar-refractivity contribution < 1.29 is 13.2 Å². The molecule has 1 aromatic heterocycles. The van der Waals surface area contributed by atoms with E-state index in [0.717, 1.165) is 43.4 Å². The van der Waals surface area contributed by atoms with E-state index >= 15 is 0 Å². The van der Waals surface area contributed by atoms with Gasteiger partial charge in [0.1, 0.15) is 5.75 Å². The first kappa shape index (κ1) is 22.8. The van der Waals surface area contributed by atoms with Crippen LogP contribution in [0.25, 0.3) is 0 Å². The molecule has 0 radical (unpaired) electrons. The average Bonchev–Trinajstić information content (AvgIpc) is 2.81. The second-order valence-electron chi connectivity index (χ2n) is 8.52. The van der Waals surface area contributed by atoms with Crippen molar-refractivity contribution in [2.75, 3.05) is 76.3 Å². The Labute approximate surface area is 190 Å². The lowest BCUT2D eigenvalue weighted by Gasteiger charge is -2.35. The SMILES string of the molecule is COc1cc(C)c(S(=O)(=O)N2CCN(c3ccc(N4CCN(C)CC4)nn3)CC2)cc1C. The molecule has 0 amide bonds. The van der Waals surface area contributed by atoms with Crippen LogP contribution < -0.4 is 14.5 Å². The maximum absolute atomic E-state index is 13.3. The molecule has 0 unspecified atom stereocenters. The Kier molecular flexibility index (Phi) is 6.55. The van der Waals surface area contributed by atoms with Crippen molar-refractivity contribution in [1.82, 2.24) is 19.4 Å².